The van der Waals surface area contributed by atoms with Gasteiger partial charge in [-0.15, -0.1) is 6.58 Å². The maximum absolute atomic E-state index is 14.1. The van der Waals surface area contributed by atoms with Crippen LogP contribution < -0.4 is 10.0 Å². The number of anilines is 1. The molecule has 7 nitrogen and oxygen atoms in total. The number of amides is 1. The first-order chi connectivity index (χ1) is 15.2. The van der Waals surface area contributed by atoms with Crippen LogP contribution in [0.3, 0.4) is 0 Å². The number of rotatable bonds is 8. The molecule has 0 fully saturated rings. The molecule has 1 atom stereocenters. The van der Waals surface area contributed by atoms with Crippen molar-refractivity contribution in [1.82, 2.24) is 4.72 Å². The number of fused-ring (bicyclic) bond motifs is 1. The Morgan fingerprint density at radius 1 is 1.12 bits per heavy atom. The molecule has 0 spiro atoms. The van der Waals surface area contributed by atoms with Gasteiger partial charge in [0.1, 0.15) is 10.7 Å². The molecule has 0 aliphatic rings. The smallest absolute Gasteiger partial charge is 0.338 e. The number of sulfonamides is 1. The van der Waals surface area contributed by atoms with Gasteiger partial charge in [0, 0.05) is 17.6 Å². The molecule has 1 unspecified atom stereocenters. The number of benzene rings is 3. The highest BCUT2D eigenvalue weighted by Crippen LogP contribution is 2.23. The fraction of sp³-hybridized carbons (Fsp3) is 0.130. The number of halogens is 1. The summed E-state index contributed by atoms with van der Waals surface area (Å²) in [6.07, 6.45) is 0.106. The number of carbonyl (C=O) groups is 2. The van der Waals surface area contributed by atoms with Crippen LogP contribution in [0.2, 0.25) is 0 Å². The van der Waals surface area contributed by atoms with E-state index in [1.807, 2.05) is 30.3 Å². The van der Waals surface area contributed by atoms with E-state index in [4.69, 9.17) is 4.74 Å². The summed E-state index contributed by atoms with van der Waals surface area (Å²) in [5.41, 5.74) is 0.342. The Balaban J connectivity index is 1.74. The van der Waals surface area contributed by atoms with Gasteiger partial charge in [-0.3, -0.25) is 4.79 Å². The second-order valence-electron chi connectivity index (χ2n) is 6.85. The van der Waals surface area contributed by atoms with Gasteiger partial charge in [0.05, 0.1) is 5.56 Å². The lowest BCUT2D eigenvalue weighted by Gasteiger charge is -2.15. The first-order valence-corrected chi connectivity index (χ1v) is 11.1. The van der Waals surface area contributed by atoms with Crippen LogP contribution in [0.4, 0.5) is 10.1 Å². The summed E-state index contributed by atoms with van der Waals surface area (Å²) in [7, 11) is -4.20. The molecule has 0 saturated carbocycles. The van der Waals surface area contributed by atoms with Crippen molar-refractivity contribution >= 4 is 38.4 Å². The van der Waals surface area contributed by atoms with Crippen LogP contribution in [0.25, 0.3) is 10.8 Å². The van der Waals surface area contributed by atoms with Gasteiger partial charge >= 0.3 is 5.97 Å². The number of carbonyl (C=O) groups excluding carboxylic acids is 2. The molecule has 3 aromatic rings. The van der Waals surface area contributed by atoms with Crippen molar-refractivity contribution in [2.45, 2.75) is 17.9 Å². The van der Waals surface area contributed by atoms with Crippen LogP contribution in [0, 0.1) is 5.82 Å². The molecule has 0 saturated heterocycles. The van der Waals surface area contributed by atoms with Crippen molar-refractivity contribution in [2.75, 3.05) is 11.9 Å². The monoisotopic (exact) mass is 456 g/mol. The average Bonchev–Trinajstić information content (AvgIpc) is 2.78. The maximum atomic E-state index is 14.1. The lowest BCUT2D eigenvalue weighted by atomic mass is 10.1. The second-order valence-corrected chi connectivity index (χ2v) is 8.58. The molecule has 166 valence electrons. The fourth-order valence-electron chi connectivity index (χ4n) is 2.93. The molecule has 3 rings (SSSR count). The molecule has 1 amide bonds. The maximum Gasteiger partial charge on any atom is 0.338 e. The Bertz CT molecular complexity index is 1290. The molecule has 0 heterocycles. The minimum Gasteiger partial charge on any atom is -0.449 e. The van der Waals surface area contributed by atoms with E-state index in [9.17, 15) is 22.4 Å². The Kier molecular flexibility index (Phi) is 7.01. The molecular formula is C23H21FN2O5S. The van der Waals surface area contributed by atoms with Crippen LogP contribution in [0.1, 0.15) is 17.3 Å². The van der Waals surface area contributed by atoms with E-state index in [0.29, 0.717) is 5.69 Å². The summed E-state index contributed by atoms with van der Waals surface area (Å²) >= 11 is 0. The summed E-state index contributed by atoms with van der Waals surface area (Å²) in [5, 5.41) is 4.47. The minimum atomic E-state index is -4.20. The van der Waals surface area contributed by atoms with E-state index in [1.165, 1.54) is 13.0 Å². The van der Waals surface area contributed by atoms with Crippen molar-refractivity contribution in [2.24, 2.45) is 0 Å². The van der Waals surface area contributed by atoms with Gasteiger partial charge in [-0.05, 0) is 36.6 Å². The van der Waals surface area contributed by atoms with E-state index in [0.717, 1.165) is 29.0 Å². The van der Waals surface area contributed by atoms with Gasteiger partial charge in [0.25, 0.3) is 5.91 Å². The number of esters is 1. The first-order valence-electron chi connectivity index (χ1n) is 9.62. The van der Waals surface area contributed by atoms with E-state index >= 15 is 0 Å². The van der Waals surface area contributed by atoms with E-state index in [-0.39, 0.29) is 12.1 Å². The molecule has 0 aliphatic carbocycles. The summed E-state index contributed by atoms with van der Waals surface area (Å²) in [5.74, 6) is -2.57. The zero-order chi connectivity index (χ0) is 23.3. The molecule has 0 aromatic heterocycles. The molecule has 3 aromatic carbocycles. The van der Waals surface area contributed by atoms with Crippen molar-refractivity contribution in [1.29, 1.82) is 0 Å². The largest absolute Gasteiger partial charge is 0.449 e. The Labute approximate surface area is 184 Å². The number of nitrogens with one attached hydrogen (secondary N) is 2. The summed E-state index contributed by atoms with van der Waals surface area (Å²) < 4.78 is 45.8. The fourth-order valence-corrected chi connectivity index (χ4v) is 4.03. The molecule has 32 heavy (non-hydrogen) atoms. The third kappa shape index (κ3) is 5.19. The normalized spacial score (nSPS) is 12.2. The lowest BCUT2D eigenvalue weighted by Crippen LogP contribution is -2.30. The third-order valence-electron chi connectivity index (χ3n) is 4.57. The molecule has 2 N–H and O–H groups in total. The molecular weight excluding hydrogens is 435 g/mol. The van der Waals surface area contributed by atoms with Crippen molar-refractivity contribution in [3.8, 4) is 0 Å². The number of hydrogen-bond donors (Lipinski definition) is 2. The van der Waals surface area contributed by atoms with Gasteiger partial charge in [-0.1, -0.05) is 42.5 Å². The quantitative estimate of drug-likeness (QED) is 0.398. The van der Waals surface area contributed by atoms with Gasteiger partial charge < -0.3 is 10.1 Å². The highest BCUT2D eigenvalue weighted by atomic mass is 32.2. The standard InChI is InChI=1S/C23H21FN2O5S/c1-3-13-25-32(29,30)21-14-17(11-12-19(21)24)23(28)31-15(2)22(27)26-20-10-6-8-16-7-4-5-9-18(16)20/h3-12,14-15,25H,1,13H2,2H3,(H,26,27). The number of hydrogen-bond acceptors (Lipinski definition) is 5. The summed E-state index contributed by atoms with van der Waals surface area (Å²) in [6, 6.07) is 15.7. The lowest BCUT2D eigenvalue weighted by molar-refractivity contribution is -0.123. The zero-order valence-electron chi connectivity index (χ0n) is 17.2. The molecule has 0 aliphatic heterocycles. The van der Waals surface area contributed by atoms with Crippen molar-refractivity contribution < 1.29 is 27.1 Å². The van der Waals surface area contributed by atoms with Gasteiger partial charge in [-0.25, -0.2) is 22.3 Å². The SMILES string of the molecule is C=CCNS(=O)(=O)c1cc(C(=O)OC(C)C(=O)Nc2cccc3ccccc23)ccc1F. The van der Waals surface area contributed by atoms with Gasteiger partial charge in [-0.2, -0.15) is 0 Å². The van der Waals surface area contributed by atoms with Crippen LogP contribution in [-0.4, -0.2) is 32.9 Å². The molecule has 0 radical (unpaired) electrons. The first kappa shape index (κ1) is 23.1. The van der Waals surface area contributed by atoms with Crippen molar-refractivity contribution in [3.05, 3.63) is 84.7 Å². The Morgan fingerprint density at radius 2 is 1.84 bits per heavy atom. The van der Waals surface area contributed by atoms with Crippen LogP contribution in [-0.2, 0) is 19.6 Å². The van der Waals surface area contributed by atoms with E-state index in [2.05, 4.69) is 16.6 Å². The van der Waals surface area contributed by atoms with Gasteiger partial charge in [0.15, 0.2) is 6.10 Å². The second kappa shape index (κ2) is 9.71. The summed E-state index contributed by atoms with van der Waals surface area (Å²) in [6.45, 7) is 4.66. The predicted molar refractivity (Wildman–Crippen MR) is 119 cm³/mol. The Hall–Kier alpha value is -3.56. The number of ether oxygens (including phenoxy) is 1. The average molecular weight is 456 g/mol. The van der Waals surface area contributed by atoms with Crippen molar-refractivity contribution in [3.63, 3.8) is 0 Å². The topological polar surface area (TPSA) is 102 Å². The van der Waals surface area contributed by atoms with Crippen LogP contribution in [0.15, 0.2) is 78.2 Å². The summed E-state index contributed by atoms with van der Waals surface area (Å²) in [4.78, 5) is 24.3. The molecule has 9 heteroatoms. The van der Waals surface area contributed by atoms with Crippen LogP contribution in [0.5, 0.6) is 0 Å². The molecule has 0 bridgehead atoms. The zero-order valence-corrected chi connectivity index (χ0v) is 18.0. The van der Waals surface area contributed by atoms with E-state index < -0.39 is 38.7 Å². The highest BCUT2D eigenvalue weighted by molar-refractivity contribution is 7.89. The van der Waals surface area contributed by atoms with Gasteiger partial charge in [0.2, 0.25) is 10.0 Å². The predicted octanol–water partition coefficient (Wildman–Crippen LogP) is 3.63. The highest BCUT2D eigenvalue weighted by Gasteiger charge is 2.24. The third-order valence-corrected chi connectivity index (χ3v) is 6.01. The van der Waals surface area contributed by atoms with Crippen LogP contribution >= 0.6 is 0 Å². The van der Waals surface area contributed by atoms with E-state index in [1.54, 1.807) is 12.1 Å². The minimum absolute atomic E-state index is 0.109. The Morgan fingerprint density at radius 3 is 2.59 bits per heavy atom.